The van der Waals surface area contributed by atoms with Crippen molar-refractivity contribution in [2.24, 2.45) is 7.05 Å². The summed E-state index contributed by atoms with van der Waals surface area (Å²) in [6, 6.07) is 1.70. The topological polar surface area (TPSA) is 71.6 Å². The monoisotopic (exact) mass is 316 g/mol. The van der Waals surface area contributed by atoms with Crippen molar-refractivity contribution in [3.05, 3.63) is 40.6 Å². The van der Waals surface area contributed by atoms with Gasteiger partial charge in [0.1, 0.15) is 17.2 Å². The molecule has 0 atom stereocenters. The molecule has 23 heavy (non-hydrogen) atoms. The fourth-order valence-corrected chi connectivity index (χ4v) is 2.95. The van der Waals surface area contributed by atoms with Gasteiger partial charge >= 0.3 is 0 Å². The van der Waals surface area contributed by atoms with Gasteiger partial charge in [-0.15, -0.1) is 0 Å². The number of carbonyl (C=O) groups excluding carboxylic acids is 2. The summed E-state index contributed by atoms with van der Waals surface area (Å²) in [7, 11) is 5.16. The largest absolute Gasteiger partial charge is 0.465 e. The Morgan fingerprint density at radius 1 is 1.35 bits per heavy atom. The number of fused-ring (bicyclic) bond motifs is 1. The minimum Gasteiger partial charge on any atom is -0.465 e. The molecule has 0 saturated heterocycles. The highest BCUT2D eigenvalue weighted by molar-refractivity contribution is 5.97. The molecule has 7 nitrogen and oxygen atoms in total. The van der Waals surface area contributed by atoms with Crippen LogP contribution >= 0.6 is 0 Å². The van der Waals surface area contributed by atoms with Gasteiger partial charge in [0.25, 0.3) is 11.8 Å². The second-order valence-electron chi connectivity index (χ2n) is 5.95. The zero-order valence-electron chi connectivity index (χ0n) is 13.8. The third-order valence-corrected chi connectivity index (χ3v) is 4.17. The lowest BCUT2D eigenvalue weighted by Crippen LogP contribution is -2.37. The third kappa shape index (κ3) is 2.52. The molecule has 7 heteroatoms. The van der Waals surface area contributed by atoms with Crippen molar-refractivity contribution in [3.63, 3.8) is 0 Å². The highest BCUT2D eigenvalue weighted by atomic mass is 16.3. The van der Waals surface area contributed by atoms with E-state index in [-0.39, 0.29) is 11.8 Å². The smallest absolute Gasteiger partial charge is 0.272 e. The van der Waals surface area contributed by atoms with Crippen molar-refractivity contribution in [1.82, 2.24) is 19.6 Å². The van der Waals surface area contributed by atoms with Gasteiger partial charge in [-0.1, -0.05) is 0 Å². The molecular weight excluding hydrogens is 296 g/mol. The molecule has 0 spiro atoms. The SMILES string of the molecule is Cc1oc2c(c1C(=O)N(C)C)CN(C(=O)c1ccnn1C)CC2. The maximum absolute atomic E-state index is 12.7. The van der Waals surface area contributed by atoms with Gasteiger partial charge < -0.3 is 14.2 Å². The van der Waals surface area contributed by atoms with Crippen LogP contribution in [0.15, 0.2) is 16.7 Å². The van der Waals surface area contributed by atoms with Crippen molar-refractivity contribution in [2.75, 3.05) is 20.6 Å². The van der Waals surface area contributed by atoms with E-state index in [0.29, 0.717) is 36.5 Å². The van der Waals surface area contributed by atoms with Crippen molar-refractivity contribution >= 4 is 11.8 Å². The van der Waals surface area contributed by atoms with Crippen molar-refractivity contribution in [3.8, 4) is 0 Å². The van der Waals surface area contributed by atoms with Crippen LogP contribution in [0.3, 0.4) is 0 Å². The number of furan rings is 1. The van der Waals surface area contributed by atoms with E-state index in [1.54, 1.807) is 49.9 Å². The van der Waals surface area contributed by atoms with Crippen LogP contribution in [0.1, 0.15) is 37.9 Å². The lowest BCUT2D eigenvalue weighted by atomic mass is 10.0. The highest BCUT2D eigenvalue weighted by Crippen LogP contribution is 2.29. The van der Waals surface area contributed by atoms with Gasteiger partial charge in [0.05, 0.1) is 12.1 Å². The standard InChI is InChI=1S/C16H20N4O3/c1-10-14(16(22)18(2)3)11-9-20(8-6-13(11)23-10)15(21)12-5-7-17-19(12)4/h5,7H,6,8-9H2,1-4H3. The van der Waals surface area contributed by atoms with Gasteiger partial charge in [0, 0.05) is 45.9 Å². The number of hydrogen-bond acceptors (Lipinski definition) is 4. The van der Waals surface area contributed by atoms with Gasteiger partial charge in [0.2, 0.25) is 0 Å². The molecule has 0 radical (unpaired) electrons. The van der Waals surface area contributed by atoms with E-state index in [4.69, 9.17) is 4.42 Å². The van der Waals surface area contributed by atoms with E-state index in [0.717, 1.165) is 11.3 Å². The van der Waals surface area contributed by atoms with Crippen LogP contribution in [-0.2, 0) is 20.0 Å². The maximum Gasteiger partial charge on any atom is 0.272 e. The average Bonchev–Trinajstić information content (AvgIpc) is 3.07. The van der Waals surface area contributed by atoms with Gasteiger partial charge in [-0.05, 0) is 13.0 Å². The highest BCUT2D eigenvalue weighted by Gasteiger charge is 2.31. The first-order valence-electron chi connectivity index (χ1n) is 7.50. The molecule has 0 aliphatic carbocycles. The third-order valence-electron chi connectivity index (χ3n) is 4.17. The van der Waals surface area contributed by atoms with Crippen LogP contribution in [0, 0.1) is 6.92 Å². The molecule has 122 valence electrons. The van der Waals surface area contributed by atoms with Crippen molar-refractivity contribution < 1.29 is 14.0 Å². The van der Waals surface area contributed by atoms with Crippen LogP contribution < -0.4 is 0 Å². The Hall–Kier alpha value is -2.57. The van der Waals surface area contributed by atoms with E-state index in [1.165, 1.54) is 4.90 Å². The molecule has 2 aromatic heterocycles. The average molecular weight is 316 g/mol. The van der Waals surface area contributed by atoms with Gasteiger partial charge in [-0.3, -0.25) is 14.3 Å². The van der Waals surface area contributed by atoms with Crippen LogP contribution in [0.4, 0.5) is 0 Å². The fourth-order valence-electron chi connectivity index (χ4n) is 2.95. The summed E-state index contributed by atoms with van der Waals surface area (Å²) in [5.74, 6) is 1.24. The first-order chi connectivity index (χ1) is 10.9. The predicted octanol–water partition coefficient (Wildman–Crippen LogP) is 1.22. The molecule has 0 bridgehead atoms. The Bertz CT molecular complexity index is 772. The number of rotatable bonds is 2. The van der Waals surface area contributed by atoms with E-state index >= 15 is 0 Å². The normalized spacial score (nSPS) is 13.8. The molecule has 1 aliphatic heterocycles. The fraction of sp³-hybridized carbons (Fsp3) is 0.438. The van der Waals surface area contributed by atoms with E-state index in [9.17, 15) is 9.59 Å². The predicted molar refractivity (Wildman–Crippen MR) is 83.1 cm³/mol. The Labute approximate surface area is 134 Å². The summed E-state index contributed by atoms with van der Waals surface area (Å²) in [5, 5.41) is 4.04. The maximum atomic E-state index is 12.7. The van der Waals surface area contributed by atoms with Crippen LogP contribution in [0.25, 0.3) is 0 Å². The molecule has 2 aromatic rings. The summed E-state index contributed by atoms with van der Waals surface area (Å²) in [5.41, 5.74) is 1.93. The number of aromatic nitrogens is 2. The summed E-state index contributed by atoms with van der Waals surface area (Å²) in [6.07, 6.45) is 2.21. The molecule has 3 heterocycles. The van der Waals surface area contributed by atoms with Crippen LogP contribution in [0.2, 0.25) is 0 Å². The Kier molecular flexibility index (Phi) is 3.71. The quantitative estimate of drug-likeness (QED) is 0.835. The zero-order chi connectivity index (χ0) is 16.7. The second kappa shape index (κ2) is 5.57. The first-order valence-corrected chi connectivity index (χ1v) is 7.50. The Morgan fingerprint density at radius 2 is 2.09 bits per heavy atom. The Morgan fingerprint density at radius 3 is 2.70 bits per heavy atom. The molecule has 3 rings (SSSR count). The molecule has 1 aliphatic rings. The summed E-state index contributed by atoms with van der Waals surface area (Å²) >= 11 is 0. The molecule has 0 aromatic carbocycles. The summed E-state index contributed by atoms with van der Waals surface area (Å²) < 4.78 is 7.31. The van der Waals surface area contributed by atoms with Crippen molar-refractivity contribution in [1.29, 1.82) is 0 Å². The first kappa shape index (κ1) is 15.3. The number of hydrogen-bond donors (Lipinski definition) is 0. The Balaban J connectivity index is 1.93. The van der Waals surface area contributed by atoms with Gasteiger partial charge in [-0.25, -0.2) is 0 Å². The number of carbonyl (C=O) groups is 2. The van der Waals surface area contributed by atoms with Gasteiger partial charge in [0.15, 0.2) is 0 Å². The zero-order valence-corrected chi connectivity index (χ0v) is 13.8. The minimum atomic E-state index is -0.0951. The molecule has 0 N–H and O–H groups in total. The van der Waals surface area contributed by atoms with Crippen LogP contribution in [-0.4, -0.2) is 52.0 Å². The number of aryl methyl sites for hydroxylation is 2. The van der Waals surface area contributed by atoms with Gasteiger partial charge in [-0.2, -0.15) is 5.10 Å². The molecule has 0 fully saturated rings. The molecule has 2 amide bonds. The lowest BCUT2D eigenvalue weighted by Gasteiger charge is -2.27. The lowest BCUT2D eigenvalue weighted by molar-refractivity contribution is 0.0713. The van der Waals surface area contributed by atoms with E-state index in [2.05, 4.69) is 5.10 Å². The number of amides is 2. The molecule has 0 saturated carbocycles. The molecule has 0 unspecified atom stereocenters. The second-order valence-corrected chi connectivity index (χ2v) is 5.95. The molecular formula is C16H20N4O3. The summed E-state index contributed by atoms with van der Waals surface area (Å²) in [4.78, 5) is 28.3. The van der Waals surface area contributed by atoms with E-state index < -0.39 is 0 Å². The number of nitrogens with zero attached hydrogens (tertiary/aromatic N) is 4. The summed E-state index contributed by atoms with van der Waals surface area (Å²) in [6.45, 7) is 2.74. The van der Waals surface area contributed by atoms with Crippen molar-refractivity contribution in [2.45, 2.75) is 19.9 Å². The van der Waals surface area contributed by atoms with Crippen LogP contribution in [0.5, 0.6) is 0 Å². The van der Waals surface area contributed by atoms with E-state index in [1.807, 2.05) is 0 Å². The minimum absolute atomic E-state index is 0.0854.